The Balaban J connectivity index is 2.13. The molecule has 1 aromatic rings. The van der Waals surface area contributed by atoms with Gasteiger partial charge >= 0.3 is 0 Å². The van der Waals surface area contributed by atoms with Crippen LogP contribution >= 0.6 is 0 Å². The number of likely N-dealkylation sites (tertiary alicyclic amines) is 1. The van der Waals surface area contributed by atoms with E-state index in [-0.39, 0.29) is 6.10 Å². The van der Waals surface area contributed by atoms with Gasteiger partial charge in [-0.2, -0.15) is 0 Å². The number of aliphatic hydroxyl groups is 1. The summed E-state index contributed by atoms with van der Waals surface area (Å²) < 4.78 is 10.8. The van der Waals surface area contributed by atoms with Gasteiger partial charge in [0.15, 0.2) is 11.5 Å². The Morgan fingerprint density at radius 2 is 2.15 bits per heavy atom. The molecular weight excluding hydrogens is 254 g/mol. The van der Waals surface area contributed by atoms with Crippen molar-refractivity contribution in [2.45, 2.75) is 44.9 Å². The van der Waals surface area contributed by atoms with Crippen molar-refractivity contribution in [1.29, 1.82) is 0 Å². The Morgan fingerprint density at radius 1 is 1.35 bits per heavy atom. The summed E-state index contributed by atoms with van der Waals surface area (Å²) in [5.74, 6) is 1.59. The molecule has 2 unspecified atom stereocenters. The largest absolute Gasteiger partial charge is 0.493 e. The number of methoxy groups -OCH3 is 2. The maximum atomic E-state index is 9.61. The monoisotopic (exact) mass is 279 g/mol. The number of para-hydroxylation sites is 1. The van der Waals surface area contributed by atoms with Crippen LogP contribution in [0, 0.1) is 0 Å². The van der Waals surface area contributed by atoms with Gasteiger partial charge in [-0.05, 0) is 38.8 Å². The molecule has 0 amide bonds. The summed E-state index contributed by atoms with van der Waals surface area (Å²) in [6.07, 6.45) is 2.96. The highest BCUT2D eigenvalue weighted by Crippen LogP contribution is 2.33. The molecule has 112 valence electrons. The van der Waals surface area contributed by atoms with Crippen LogP contribution in [0.3, 0.4) is 0 Å². The maximum absolute atomic E-state index is 9.61. The van der Waals surface area contributed by atoms with E-state index in [0.717, 1.165) is 43.0 Å². The lowest BCUT2D eigenvalue weighted by atomic mass is 10.1. The van der Waals surface area contributed by atoms with E-state index in [1.807, 2.05) is 19.1 Å². The van der Waals surface area contributed by atoms with E-state index in [0.29, 0.717) is 6.04 Å². The van der Waals surface area contributed by atoms with E-state index < -0.39 is 0 Å². The van der Waals surface area contributed by atoms with Gasteiger partial charge in [0.05, 0.1) is 20.3 Å². The second-order valence-corrected chi connectivity index (χ2v) is 5.50. The Hall–Kier alpha value is -1.26. The van der Waals surface area contributed by atoms with Crippen molar-refractivity contribution in [2.24, 2.45) is 0 Å². The second-order valence-electron chi connectivity index (χ2n) is 5.50. The van der Waals surface area contributed by atoms with Gasteiger partial charge in [-0.15, -0.1) is 0 Å². The minimum atomic E-state index is -0.243. The fourth-order valence-corrected chi connectivity index (χ4v) is 3.06. The summed E-state index contributed by atoms with van der Waals surface area (Å²) in [5, 5.41) is 9.61. The molecule has 1 fully saturated rings. The molecule has 0 aliphatic carbocycles. The normalized spacial score (nSPS) is 20.9. The van der Waals surface area contributed by atoms with Crippen molar-refractivity contribution in [3.63, 3.8) is 0 Å². The van der Waals surface area contributed by atoms with Crippen molar-refractivity contribution in [1.82, 2.24) is 4.90 Å². The quantitative estimate of drug-likeness (QED) is 0.868. The van der Waals surface area contributed by atoms with Gasteiger partial charge in [0.2, 0.25) is 0 Å². The summed E-state index contributed by atoms with van der Waals surface area (Å²) in [6, 6.07) is 6.46. The molecule has 1 aromatic carbocycles. The third kappa shape index (κ3) is 3.44. The number of ether oxygens (including phenoxy) is 2. The van der Waals surface area contributed by atoms with Gasteiger partial charge < -0.3 is 14.6 Å². The van der Waals surface area contributed by atoms with Crippen LogP contribution in [0.1, 0.15) is 31.7 Å². The smallest absolute Gasteiger partial charge is 0.165 e. The number of nitrogens with zero attached hydrogens (tertiary/aromatic N) is 1. The summed E-state index contributed by atoms with van der Waals surface area (Å²) in [6.45, 7) is 3.79. The second kappa shape index (κ2) is 6.95. The fraction of sp³-hybridized carbons (Fsp3) is 0.625. The molecule has 1 heterocycles. The van der Waals surface area contributed by atoms with Crippen molar-refractivity contribution in [3.8, 4) is 11.5 Å². The summed E-state index contributed by atoms with van der Waals surface area (Å²) in [7, 11) is 3.34. The summed E-state index contributed by atoms with van der Waals surface area (Å²) >= 11 is 0. The molecule has 2 rings (SSSR count). The van der Waals surface area contributed by atoms with Crippen LogP contribution in [0.2, 0.25) is 0 Å². The Kier molecular flexibility index (Phi) is 5.26. The predicted octanol–water partition coefficient (Wildman–Crippen LogP) is 2.44. The van der Waals surface area contributed by atoms with Crippen LogP contribution in [0.5, 0.6) is 11.5 Å². The molecule has 1 aliphatic heterocycles. The van der Waals surface area contributed by atoms with E-state index >= 15 is 0 Å². The average molecular weight is 279 g/mol. The lowest BCUT2D eigenvalue weighted by molar-refractivity contribution is 0.130. The Morgan fingerprint density at radius 3 is 2.80 bits per heavy atom. The minimum Gasteiger partial charge on any atom is -0.493 e. The average Bonchev–Trinajstić information content (AvgIpc) is 2.85. The summed E-state index contributed by atoms with van der Waals surface area (Å²) in [5.41, 5.74) is 1.14. The first kappa shape index (κ1) is 15.1. The number of aliphatic hydroxyl groups excluding tert-OH is 1. The fourth-order valence-electron chi connectivity index (χ4n) is 3.06. The molecule has 0 spiro atoms. The maximum Gasteiger partial charge on any atom is 0.165 e. The minimum absolute atomic E-state index is 0.243. The number of benzene rings is 1. The van der Waals surface area contributed by atoms with E-state index in [9.17, 15) is 5.11 Å². The van der Waals surface area contributed by atoms with E-state index in [1.165, 1.54) is 6.42 Å². The van der Waals surface area contributed by atoms with Crippen LogP contribution in [0.4, 0.5) is 0 Å². The van der Waals surface area contributed by atoms with Crippen molar-refractivity contribution >= 4 is 0 Å². The molecule has 4 nitrogen and oxygen atoms in total. The molecule has 0 saturated carbocycles. The molecule has 1 saturated heterocycles. The zero-order valence-corrected chi connectivity index (χ0v) is 12.6. The van der Waals surface area contributed by atoms with E-state index in [2.05, 4.69) is 11.0 Å². The number of rotatable bonds is 6. The predicted molar refractivity (Wildman–Crippen MR) is 79.3 cm³/mol. The molecule has 0 radical (unpaired) electrons. The van der Waals surface area contributed by atoms with Gasteiger partial charge in [0.1, 0.15) is 0 Å². The van der Waals surface area contributed by atoms with Gasteiger partial charge in [-0.25, -0.2) is 0 Å². The number of hydrogen-bond acceptors (Lipinski definition) is 4. The first-order valence-electron chi connectivity index (χ1n) is 7.27. The van der Waals surface area contributed by atoms with Crippen molar-refractivity contribution in [2.75, 3.05) is 20.8 Å². The van der Waals surface area contributed by atoms with Crippen LogP contribution in [-0.4, -0.2) is 42.9 Å². The van der Waals surface area contributed by atoms with Gasteiger partial charge in [-0.1, -0.05) is 12.1 Å². The lowest BCUT2D eigenvalue weighted by Crippen LogP contribution is -2.31. The van der Waals surface area contributed by atoms with Crippen LogP contribution in [-0.2, 0) is 6.54 Å². The van der Waals surface area contributed by atoms with E-state index in [4.69, 9.17) is 9.47 Å². The molecule has 1 aliphatic rings. The standard InChI is InChI=1S/C16H25NO3/c1-12(18)10-14-7-5-9-17(14)11-13-6-4-8-15(19-2)16(13)20-3/h4,6,8,12,14,18H,5,7,9-11H2,1-3H3. The molecule has 0 aromatic heterocycles. The number of hydrogen-bond donors (Lipinski definition) is 1. The van der Waals surface area contributed by atoms with Crippen molar-refractivity contribution in [3.05, 3.63) is 23.8 Å². The Labute approximate surface area is 121 Å². The Bertz CT molecular complexity index is 434. The zero-order chi connectivity index (χ0) is 14.5. The zero-order valence-electron chi connectivity index (χ0n) is 12.6. The van der Waals surface area contributed by atoms with Crippen molar-refractivity contribution < 1.29 is 14.6 Å². The van der Waals surface area contributed by atoms with Crippen LogP contribution < -0.4 is 9.47 Å². The molecule has 1 N–H and O–H groups in total. The van der Waals surface area contributed by atoms with E-state index in [1.54, 1.807) is 14.2 Å². The summed E-state index contributed by atoms with van der Waals surface area (Å²) in [4.78, 5) is 2.43. The highest BCUT2D eigenvalue weighted by atomic mass is 16.5. The van der Waals surface area contributed by atoms with Crippen LogP contribution in [0.15, 0.2) is 18.2 Å². The van der Waals surface area contributed by atoms with Gasteiger partial charge in [0, 0.05) is 18.2 Å². The third-order valence-electron chi connectivity index (χ3n) is 3.97. The topological polar surface area (TPSA) is 41.9 Å². The highest BCUT2D eigenvalue weighted by Gasteiger charge is 2.26. The molecule has 2 atom stereocenters. The third-order valence-corrected chi connectivity index (χ3v) is 3.97. The first-order chi connectivity index (χ1) is 9.65. The highest BCUT2D eigenvalue weighted by molar-refractivity contribution is 5.46. The SMILES string of the molecule is COc1cccc(CN2CCCC2CC(C)O)c1OC. The van der Waals surface area contributed by atoms with Gasteiger partial charge in [0.25, 0.3) is 0 Å². The molecular formula is C16H25NO3. The van der Waals surface area contributed by atoms with Gasteiger partial charge in [-0.3, -0.25) is 4.90 Å². The first-order valence-corrected chi connectivity index (χ1v) is 7.27. The molecule has 0 bridgehead atoms. The van der Waals surface area contributed by atoms with Crippen LogP contribution in [0.25, 0.3) is 0 Å². The lowest BCUT2D eigenvalue weighted by Gasteiger charge is -2.26. The molecule has 20 heavy (non-hydrogen) atoms. The molecule has 4 heteroatoms.